The molecule has 0 amide bonds. The summed E-state index contributed by atoms with van der Waals surface area (Å²) in [6.07, 6.45) is 0. The fourth-order valence-electron chi connectivity index (χ4n) is 5.59. The highest BCUT2D eigenvalue weighted by molar-refractivity contribution is 7.13. The normalized spacial score (nSPS) is 13.1. The highest BCUT2D eigenvalue weighted by atomic mass is 32.1. The molecule has 0 atom stereocenters. The van der Waals surface area contributed by atoms with Gasteiger partial charge in [0, 0.05) is 4.88 Å². The molecule has 2 nitrogen and oxygen atoms in total. The largest absolute Gasteiger partial charge is 0.447 e. The number of rotatable bonds is 6. The third-order valence-electron chi connectivity index (χ3n) is 7.17. The topological polar surface area (TPSA) is 18.5 Å². The minimum atomic E-state index is -0.452. The maximum Gasteiger partial charge on any atom is 0.181 e. The smallest absolute Gasteiger partial charge is 0.181 e. The van der Waals surface area contributed by atoms with Crippen molar-refractivity contribution in [3.05, 3.63) is 154 Å². The third kappa shape index (κ3) is 3.76. The second kappa shape index (κ2) is 9.32. The van der Waals surface area contributed by atoms with Crippen LogP contribution in [0.2, 0.25) is 0 Å². The van der Waals surface area contributed by atoms with Crippen LogP contribution in [0.4, 0.5) is 0 Å². The molecule has 1 aliphatic rings. The van der Waals surface area contributed by atoms with E-state index in [0.717, 1.165) is 21.6 Å². The summed E-state index contributed by atoms with van der Waals surface area (Å²) in [4.78, 5) is 1.24. The van der Waals surface area contributed by atoms with Crippen LogP contribution in [0.5, 0.6) is 21.6 Å². The number of ether oxygens (including phenoxy) is 2. The standard InChI is InChI=1S/C34H24O2S2/c1-23-12-21-33(38-23)36-27-19-15-25(16-20-27)34(24-13-17-26(18-14-24)35-32-11-6-22-37-32)30-9-4-2-7-28(30)29-8-3-5-10-31(29)34/h2-22H,1H3. The summed E-state index contributed by atoms with van der Waals surface area (Å²) in [6.45, 7) is 2.09. The number of fused-ring (bicyclic) bond motifs is 3. The van der Waals surface area contributed by atoms with Gasteiger partial charge in [0.2, 0.25) is 0 Å². The monoisotopic (exact) mass is 528 g/mol. The van der Waals surface area contributed by atoms with E-state index in [9.17, 15) is 0 Å². The first kappa shape index (κ1) is 23.0. The number of aryl methyl sites for hydroxylation is 1. The highest BCUT2D eigenvalue weighted by Crippen LogP contribution is 2.56. The van der Waals surface area contributed by atoms with Crippen molar-refractivity contribution < 1.29 is 9.47 Å². The molecule has 0 fully saturated rings. The molecule has 0 spiro atoms. The van der Waals surface area contributed by atoms with Gasteiger partial charge >= 0.3 is 0 Å². The Morgan fingerprint density at radius 3 is 1.58 bits per heavy atom. The predicted octanol–water partition coefficient (Wildman–Crippen LogP) is 10.1. The van der Waals surface area contributed by atoms with Crippen LogP contribution in [0.1, 0.15) is 27.1 Å². The molecular formula is C34H24O2S2. The second-order valence-electron chi connectivity index (χ2n) is 9.39. The van der Waals surface area contributed by atoms with Crippen molar-refractivity contribution in [2.45, 2.75) is 12.3 Å². The minimum absolute atomic E-state index is 0.452. The van der Waals surface area contributed by atoms with Crippen LogP contribution < -0.4 is 9.47 Å². The Bertz CT molecular complexity index is 1670. The van der Waals surface area contributed by atoms with E-state index >= 15 is 0 Å². The van der Waals surface area contributed by atoms with E-state index in [1.54, 1.807) is 22.7 Å². The van der Waals surface area contributed by atoms with Crippen molar-refractivity contribution in [3.8, 4) is 32.8 Å². The lowest BCUT2D eigenvalue weighted by Gasteiger charge is -2.34. The summed E-state index contributed by atoms with van der Waals surface area (Å²) in [5.74, 6) is 1.67. The Hall–Kier alpha value is -4.12. The fourth-order valence-corrected chi connectivity index (χ4v) is 6.91. The van der Waals surface area contributed by atoms with Crippen molar-refractivity contribution >= 4 is 22.7 Å². The van der Waals surface area contributed by atoms with Crippen molar-refractivity contribution in [1.82, 2.24) is 0 Å². The van der Waals surface area contributed by atoms with E-state index in [1.807, 2.05) is 23.6 Å². The van der Waals surface area contributed by atoms with E-state index in [1.165, 1.54) is 38.3 Å². The summed E-state index contributed by atoms with van der Waals surface area (Å²) >= 11 is 3.25. The molecule has 38 heavy (non-hydrogen) atoms. The lowest BCUT2D eigenvalue weighted by molar-refractivity contribution is 0.495. The van der Waals surface area contributed by atoms with Gasteiger partial charge in [-0.2, -0.15) is 0 Å². The van der Waals surface area contributed by atoms with Crippen LogP contribution in [0.3, 0.4) is 0 Å². The van der Waals surface area contributed by atoms with E-state index < -0.39 is 5.41 Å². The van der Waals surface area contributed by atoms with Crippen molar-refractivity contribution in [2.24, 2.45) is 0 Å². The zero-order chi connectivity index (χ0) is 25.5. The van der Waals surface area contributed by atoms with Gasteiger partial charge in [0.1, 0.15) is 11.5 Å². The average Bonchev–Trinajstić information content (AvgIpc) is 3.69. The third-order valence-corrected chi connectivity index (χ3v) is 8.80. The van der Waals surface area contributed by atoms with Crippen molar-refractivity contribution in [2.75, 3.05) is 0 Å². The maximum absolute atomic E-state index is 6.16. The van der Waals surface area contributed by atoms with Crippen molar-refractivity contribution in [1.29, 1.82) is 0 Å². The van der Waals surface area contributed by atoms with Gasteiger partial charge in [0.15, 0.2) is 10.1 Å². The molecule has 0 saturated carbocycles. The summed E-state index contributed by atoms with van der Waals surface area (Å²) in [5.41, 5.74) is 7.08. The summed E-state index contributed by atoms with van der Waals surface area (Å²) in [5, 5.41) is 3.82. The molecule has 2 heterocycles. The molecule has 184 valence electrons. The summed E-state index contributed by atoms with van der Waals surface area (Å²) in [6, 6.07) is 42.8. The van der Waals surface area contributed by atoms with Crippen LogP contribution in [-0.2, 0) is 5.41 Å². The van der Waals surface area contributed by atoms with Crippen molar-refractivity contribution in [3.63, 3.8) is 0 Å². The SMILES string of the molecule is Cc1ccc(Oc2ccc(C3(c4ccc(Oc5cccs5)cc4)c4ccccc4-c4ccccc43)cc2)s1. The molecule has 6 aromatic rings. The zero-order valence-electron chi connectivity index (χ0n) is 20.8. The molecule has 0 unspecified atom stereocenters. The Morgan fingerprint density at radius 2 is 1.08 bits per heavy atom. The lowest BCUT2D eigenvalue weighted by Crippen LogP contribution is -2.28. The molecule has 2 aromatic heterocycles. The number of hydrogen-bond donors (Lipinski definition) is 0. The second-order valence-corrected chi connectivity index (χ2v) is 11.6. The first-order chi connectivity index (χ1) is 18.7. The van der Waals surface area contributed by atoms with E-state index in [0.29, 0.717) is 0 Å². The molecule has 0 saturated heterocycles. The number of benzene rings is 4. The molecule has 7 rings (SSSR count). The molecule has 0 bridgehead atoms. The Kier molecular flexibility index (Phi) is 5.65. The van der Waals surface area contributed by atoms with Gasteiger partial charge in [-0.15, -0.1) is 22.7 Å². The fraction of sp³-hybridized carbons (Fsp3) is 0.0588. The van der Waals surface area contributed by atoms with Gasteiger partial charge in [-0.25, -0.2) is 0 Å². The van der Waals surface area contributed by atoms with Gasteiger partial charge in [0.25, 0.3) is 0 Å². The van der Waals surface area contributed by atoms with Gasteiger partial charge in [-0.3, -0.25) is 0 Å². The van der Waals surface area contributed by atoms with Gasteiger partial charge < -0.3 is 9.47 Å². The zero-order valence-corrected chi connectivity index (χ0v) is 22.4. The van der Waals surface area contributed by atoms with Gasteiger partial charge in [0.05, 0.1) is 5.41 Å². The lowest BCUT2D eigenvalue weighted by atomic mass is 9.68. The van der Waals surface area contributed by atoms with E-state index in [2.05, 4.69) is 110 Å². The van der Waals surface area contributed by atoms with Gasteiger partial charge in [-0.05, 0) is 94.2 Å². The Balaban J connectivity index is 1.38. The molecule has 1 aliphatic carbocycles. The van der Waals surface area contributed by atoms with Crippen LogP contribution in [0.25, 0.3) is 11.1 Å². The molecule has 0 radical (unpaired) electrons. The number of thiophene rings is 2. The summed E-state index contributed by atoms with van der Waals surface area (Å²) in [7, 11) is 0. The van der Waals surface area contributed by atoms with Gasteiger partial charge in [-0.1, -0.05) is 72.8 Å². The summed E-state index contributed by atoms with van der Waals surface area (Å²) < 4.78 is 12.3. The highest BCUT2D eigenvalue weighted by Gasteiger charge is 2.45. The molecule has 0 N–H and O–H groups in total. The molecule has 0 aliphatic heterocycles. The first-order valence-electron chi connectivity index (χ1n) is 12.6. The molecular weight excluding hydrogens is 505 g/mol. The Labute approximate surface area is 230 Å². The molecule has 4 heteroatoms. The van der Waals surface area contributed by atoms with Crippen LogP contribution in [0, 0.1) is 6.92 Å². The predicted molar refractivity (Wildman–Crippen MR) is 157 cm³/mol. The first-order valence-corrected chi connectivity index (χ1v) is 14.3. The Morgan fingerprint density at radius 1 is 0.526 bits per heavy atom. The van der Waals surface area contributed by atoms with Crippen LogP contribution in [-0.4, -0.2) is 0 Å². The number of hydrogen-bond acceptors (Lipinski definition) is 4. The van der Waals surface area contributed by atoms with E-state index in [-0.39, 0.29) is 0 Å². The van der Waals surface area contributed by atoms with E-state index in [4.69, 9.17) is 9.47 Å². The minimum Gasteiger partial charge on any atom is -0.447 e. The van der Waals surface area contributed by atoms with Crippen LogP contribution in [0.15, 0.2) is 127 Å². The van der Waals surface area contributed by atoms with Crippen LogP contribution >= 0.6 is 22.7 Å². The quantitative estimate of drug-likeness (QED) is 0.214. The maximum atomic E-state index is 6.16. The average molecular weight is 529 g/mol. The molecule has 4 aromatic carbocycles.